The van der Waals surface area contributed by atoms with Crippen LogP contribution in [0.25, 0.3) is 10.9 Å². The van der Waals surface area contributed by atoms with E-state index in [-0.39, 0.29) is 5.02 Å². The standard InChI is InChI=1S/C16H14ClFN4/c1-22(2)15-11-5-3-4-6-14(11)20-16(21-15)19-10-7-8-13(18)12(17)9-10/h3-9H,1-2H3,(H,19,20,21). The Bertz CT molecular complexity index is 835. The molecule has 0 unspecified atom stereocenters. The van der Waals surface area contributed by atoms with Crippen molar-refractivity contribution in [3.8, 4) is 0 Å². The molecule has 2 aromatic carbocycles. The van der Waals surface area contributed by atoms with E-state index in [2.05, 4.69) is 15.3 Å². The monoisotopic (exact) mass is 316 g/mol. The minimum atomic E-state index is -0.458. The number of fused-ring (bicyclic) bond motifs is 1. The molecule has 3 rings (SSSR count). The summed E-state index contributed by atoms with van der Waals surface area (Å²) in [6.07, 6.45) is 0. The van der Waals surface area contributed by atoms with Crippen LogP contribution >= 0.6 is 11.6 Å². The second kappa shape index (κ2) is 5.77. The van der Waals surface area contributed by atoms with Crippen LogP contribution in [0, 0.1) is 5.82 Å². The zero-order valence-corrected chi connectivity index (χ0v) is 12.9. The number of rotatable bonds is 3. The summed E-state index contributed by atoms with van der Waals surface area (Å²) in [5, 5.41) is 4.08. The third-order valence-corrected chi connectivity index (χ3v) is 3.47. The highest BCUT2D eigenvalue weighted by atomic mass is 35.5. The lowest BCUT2D eigenvalue weighted by atomic mass is 10.2. The number of hydrogen-bond acceptors (Lipinski definition) is 4. The van der Waals surface area contributed by atoms with Crippen LogP contribution in [-0.2, 0) is 0 Å². The molecule has 0 fully saturated rings. The smallest absolute Gasteiger partial charge is 0.229 e. The summed E-state index contributed by atoms with van der Waals surface area (Å²) in [5.74, 6) is 0.784. The topological polar surface area (TPSA) is 41.1 Å². The lowest BCUT2D eigenvalue weighted by Crippen LogP contribution is -2.13. The molecule has 0 saturated carbocycles. The van der Waals surface area contributed by atoms with Gasteiger partial charge in [0.05, 0.1) is 10.5 Å². The number of nitrogens with zero attached hydrogens (tertiary/aromatic N) is 3. The second-order valence-corrected chi connectivity index (χ2v) is 5.44. The summed E-state index contributed by atoms with van der Waals surface area (Å²) in [6, 6.07) is 12.2. The van der Waals surface area contributed by atoms with Crippen LogP contribution in [0.5, 0.6) is 0 Å². The molecule has 3 aromatic rings. The van der Waals surface area contributed by atoms with Gasteiger partial charge in [-0.1, -0.05) is 23.7 Å². The number of halogens is 2. The third-order valence-electron chi connectivity index (χ3n) is 3.18. The maximum absolute atomic E-state index is 13.2. The summed E-state index contributed by atoms with van der Waals surface area (Å²) in [7, 11) is 3.85. The first-order valence-corrected chi connectivity index (χ1v) is 7.08. The number of para-hydroxylation sites is 1. The van der Waals surface area contributed by atoms with Gasteiger partial charge in [0.25, 0.3) is 0 Å². The van der Waals surface area contributed by atoms with Gasteiger partial charge in [-0.3, -0.25) is 0 Å². The lowest BCUT2D eigenvalue weighted by Gasteiger charge is -2.16. The van der Waals surface area contributed by atoms with E-state index < -0.39 is 5.82 Å². The molecule has 0 spiro atoms. The quantitative estimate of drug-likeness (QED) is 0.785. The predicted molar refractivity (Wildman–Crippen MR) is 88.6 cm³/mol. The minimum absolute atomic E-state index is 0.0543. The van der Waals surface area contributed by atoms with Gasteiger partial charge in [0.15, 0.2) is 0 Å². The Kier molecular flexibility index (Phi) is 3.81. The number of nitrogens with one attached hydrogen (secondary N) is 1. The molecule has 112 valence electrons. The zero-order chi connectivity index (χ0) is 15.7. The molecular formula is C16H14ClFN4. The van der Waals surface area contributed by atoms with Gasteiger partial charge in [0, 0.05) is 25.2 Å². The normalized spacial score (nSPS) is 10.7. The van der Waals surface area contributed by atoms with E-state index in [1.54, 1.807) is 6.07 Å². The van der Waals surface area contributed by atoms with Crippen molar-refractivity contribution in [2.75, 3.05) is 24.3 Å². The Labute approximate surface area is 132 Å². The SMILES string of the molecule is CN(C)c1nc(Nc2ccc(F)c(Cl)c2)nc2ccccc12. The molecule has 4 nitrogen and oxygen atoms in total. The maximum atomic E-state index is 13.2. The highest BCUT2D eigenvalue weighted by Gasteiger charge is 2.10. The van der Waals surface area contributed by atoms with Crippen molar-refractivity contribution in [2.45, 2.75) is 0 Å². The molecule has 0 bridgehead atoms. The Morgan fingerprint density at radius 2 is 1.86 bits per heavy atom. The fraction of sp³-hybridized carbons (Fsp3) is 0.125. The molecule has 0 atom stereocenters. The molecular weight excluding hydrogens is 303 g/mol. The fourth-order valence-electron chi connectivity index (χ4n) is 2.16. The van der Waals surface area contributed by atoms with Crippen molar-refractivity contribution in [3.05, 3.63) is 53.3 Å². The minimum Gasteiger partial charge on any atom is -0.362 e. The largest absolute Gasteiger partial charge is 0.362 e. The first-order valence-electron chi connectivity index (χ1n) is 6.71. The zero-order valence-electron chi connectivity index (χ0n) is 12.1. The van der Waals surface area contributed by atoms with Crippen molar-refractivity contribution in [2.24, 2.45) is 0 Å². The Hall–Kier alpha value is -2.40. The number of aromatic nitrogens is 2. The van der Waals surface area contributed by atoms with Gasteiger partial charge in [0.2, 0.25) is 5.95 Å². The lowest BCUT2D eigenvalue weighted by molar-refractivity contribution is 0.628. The first-order chi connectivity index (χ1) is 10.5. The van der Waals surface area contributed by atoms with Crippen molar-refractivity contribution >= 4 is 40.0 Å². The van der Waals surface area contributed by atoms with Crippen LogP contribution in [0.2, 0.25) is 5.02 Å². The maximum Gasteiger partial charge on any atom is 0.229 e. The molecule has 0 aliphatic heterocycles. The number of benzene rings is 2. The van der Waals surface area contributed by atoms with Crippen LogP contribution in [0.3, 0.4) is 0 Å². The van der Waals surface area contributed by atoms with Gasteiger partial charge in [-0.05, 0) is 30.3 Å². The van der Waals surface area contributed by atoms with Crippen LogP contribution in [0.4, 0.5) is 21.8 Å². The summed E-state index contributed by atoms with van der Waals surface area (Å²) in [4.78, 5) is 10.9. The van der Waals surface area contributed by atoms with Crippen molar-refractivity contribution in [1.29, 1.82) is 0 Å². The predicted octanol–water partition coefficient (Wildman–Crippen LogP) is 4.23. The van der Waals surface area contributed by atoms with Gasteiger partial charge in [0.1, 0.15) is 11.6 Å². The molecule has 0 radical (unpaired) electrons. The molecule has 22 heavy (non-hydrogen) atoms. The van der Waals surface area contributed by atoms with Gasteiger partial charge in [-0.25, -0.2) is 9.37 Å². The van der Waals surface area contributed by atoms with Gasteiger partial charge >= 0.3 is 0 Å². The third kappa shape index (κ3) is 2.80. The van der Waals surface area contributed by atoms with E-state index in [9.17, 15) is 4.39 Å². The second-order valence-electron chi connectivity index (χ2n) is 5.04. The average molecular weight is 317 g/mol. The average Bonchev–Trinajstić information content (AvgIpc) is 2.50. The molecule has 0 saturated heterocycles. The number of anilines is 3. The van der Waals surface area contributed by atoms with E-state index in [0.717, 1.165) is 16.7 Å². The Morgan fingerprint density at radius 3 is 2.59 bits per heavy atom. The Morgan fingerprint density at radius 1 is 1.09 bits per heavy atom. The molecule has 1 heterocycles. The summed E-state index contributed by atoms with van der Waals surface area (Å²) < 4.78 is 13.2. The van der Waals surface area contributed by atoms with Crippen molar-refractivity contribution in [1.82, 2.24) is 9.97 Å². The van der Waals surface area contributed by atoms with E-state index in [1.165, 1.54) is 12.1 Å². The van der Waals surface area contributed by atoms with E-state index in [1.807, 2.05) is 43.3 Å². The van der Waals surface area contributed by atoms with Crippen molar-refractivity contribution < 1.29 is 4.39 Å². The highest BCUT2D eigenvalue weighted by Crippen LogP contribution is 2.26. The summed E-state index contributed by atoms with van der Waals surface area (Å²) in [5.41, 5.74) is 1.46. The molecule has 6 heteroatoms. The molecule has 0 aliphatic rings. The molecule has 0 amide bonds. The van der Waals surface area contributed by atoms with Crippen LogP contribution in [0.1, 0.15) is 0 Å². The molecule has 0 aliphatic carbocycles. The van der Waals surface area contributed by atoms with Gasteiger partial charge in [-0.15, -0.1) is 0 Å². The van der Waals surface area contributed by atoms with Gasteiger partial charge in [-0.2, -0.15) is 4.98 Å². The summed E-state index contributed by atoms with van der Waals surface area (Å²) in [6.45, 7) is 0. The number of hydrogen-bond donors (Lipinski definition) is 1. The first kappa shape index (κ1) is 14.5. The van der Waals surface area contributed by atoms with Crippen LogP contribution < -0.4 is 10.2 Å². The fourth-order valence-corrected chi connectivity index (χ4v) is 2.34. The van der Waals surface area contributed by atoms with E-state index >= 15 is 0 Å². The van der Waals surface area contributed by atoms with Crippen LogP contribution in [-0.4, -0.2) is 24.1 Å². The van der Waals surface area contributed by atoms with E-state index in [4.69, 9.17) is 11.6 Å². The van der Waals surface area contributed by atoms with E-state index in [0.29, 0.717) is 11.6 Å². The van der Waals surface area contributed by atoms with Gasteiger partial charge < -0.3 is 10.2 Å². The van der Waals surface area contributed by atoms with Crippen molar-refractivity contribution in [3.63, 3.8) is 0 Å². The molecule has 1 aromatic heterocycles. The van der Waals surface area contributed by atoms with Crippen LogP contribution in [0.15, 0.2) is 42.5 Å². The highest BCUT2D eigenvalue weighted by molar-refractivity contribution is 6.31. The molecule has 1 N–H and O–H groups in total. The summed E-state index contributed by atoms with van der Waals surface area (Å²) >= 11 is 5.79. The Balaban J connectivity index is 2.05.